The minimum Gasteiger partial charge on any atom is -0.407 e. The van der Waals surface area contributed by atoms with Crippen LogP contribution in [0.4, 0.5) is 6.01 Å². The summed E-state index contributed by atoms with van der Waals surface area (Å²) in [6.07, 6.45) is 0.677. The number of hydrogen-bond acceptors (Lipinski definition) is 6. The molecule has 1 amide bonds. The van der Waals surface area contributed by atoms with Crippen LogP contribution in [0.1, 0.15) is 41.6 Å². The third-order valence-electron chi connectivity index (χ3n) is 3.47. The number of nitrogens with zero attached hydrogens (tertiary/aromatic N) is 2. The predicted octanol–water partition coefficient (Wildman–Crippen LogP) is 1.28. The van der Waals surface area contributed by atoms with Crippen molar-refractivity contribution in [1.82, 2.24) is 15.5 Å². The van der Waals surface area contributed by atoms with Crippen molar-refractivity contribution in [3.05, 3.63) is 35.2 Å². The SMILES string of the molecule is CC(C)c1nnc(NS(=O)(=O)c2ccc3c(c2)C(=O)NCC3)o1. The Labute approximate surface area is 133 Å². The van der Waals surface area contributed by atoms with Crippen molar-refractivity contribution in [3.63, 3.8) is 0 Å². The van der Waals surface area contributed by atoms with Crippen LogP contribution in [0.2, 0.25) is 0 Å². The van der Waals surface area contributed by atoms with Crippen LogP contribution in [0.15, 0.2) is 27.5 Å². The lowest BCUT2D eigenvalue weighted by molar-refractivity contribution is 0.0945. The summed E-state index contributed by atoms with van der Waals surface area (Å²) in [5.41, 5.74) is 1.19. The van der Waals surface area contributed by atoms with Crippen LogP contribution in [0.5, 0.6) is 0 Å². The van der Waals surface area contributed by atoms with Gasteiger partial charge in [-0.05, 0) is 24.1 Å². The molecule has 2 heterocycles. The molecule has 1 aromatic heterocycles. The van der Waals surface area contributed by atoms with E-state index < -0.39 is 10.0 Å². The summed E-state index contributed by atoms with van der Waals surface area (Å²) in [6, 6.07) is 4.26. The molecule has 1 aliphatic heterocycles. The van der Waals surface area contributed by atoms with Gasteiger partial charge in [-0.1, -0.05) is 25.0 Å². The average molecular weight is 336 g/mol. The summed E-state index contributed by atoms with van der Waals surface area (Å²) in [5.74, 6) is 0.0592. The molecule has 0 fully saturated rings. The summed E-state index contributed by atoms with van der Waals surface area (Å²) >= 11 is 0. The highest BCUT2D eigenvalue weighted by atomic mass is 32.2. The van der Waals surface area contributed by atoms with Crippen LogP contribution in [0.25, 0.3) is 0 Å². The molecule has 8 nitrogen and oxygen atoms in total. The zero-order chi connectivity index (χ0) is 16.6. The van der Waals surface area contributed by atoms with E-state index in [0.29, 0.717) is 24.4 Å². The molecule has 1 aliphatic rings. The van der Waals surface area contributed by atoms with E-state index in [2.05, 4.69) is 20.2 Å². The number of fused-ring (bicyclic) bond motifs is 1. The standard InChI is InChI=1S/C14H16N4O4S/c1-8(2)13-16-17-14(22-13)18-23(20,21)10-4-3-9-5-6-15-12(19)11(9)7-10/h3-4,7-8H,5-6H2,1-2H3,(H,15,19)(H,17,18). The Hall–Kier alpha value is -2.42. The van der Waals surface area contributed by atoms with Gasteiger partial charge >= 0.3 is 6.01 Å². The number of sulfonamides is 1. The van der Waals surface area contributed by atoms with Gasteiger partial charge in [-0.15, -0.1) is 5.10 Å². The van der Waals surface area contributed by atoms with E-state index in [-0.39, 0.29) is 22.7 Å². The van der Waals surface area contributed by atoms with Gasteiger partial charge in [-0.25, -0.2) is 13.1 Å². The number of anilines is 1. The zero-order valence-corrected chi connectivity index (χ0v) is 13.5. The highest BCUT2D eigenvalue weighted by Crippen LogP contribution is 2.22. The van der Waals surface area contributed by atoms with E-state index in [1.807, 2.05) is 13.8 Å². The van der Waals surface area contributed by atoms with Gasteiger partial charge in [-0.3, -0.25) is 4.79 Å². The number of benzene rings is 1. The summed E-state index contributed by atoms with van der Waals surface area (Å²) in [7, 11) is -3.91. The van der Waals surface area contributed by atoms with Gasteiger partial charge in [0.25, 0.3) is 15.9 Å². The monoisotopic (exact) mass is 336 g/mol. The van der Waals surface area contributed by atoms with Crippen molar-refractivity contribution in [3.8, 4) is 0 Å². The fourth-order valence-corrected chi connectivity index (χ4v) is 3.19. The van der Waals surface area contributed by atoms with Crippen molar-refractivity contribution >= 4 is 21.9 Å². The Bertz CT molecular complexity index is 857. The van der Waals surface area contributed by atoms with E-state index in [0.717, 1.165) is 5.56 Å². The lowest BCUT2D eigenvalue weighted by Gasteiger charge is -2.17. The van der Waals surface area contributed by atoms with Gasteiger partial charge in [0.2, 0.25) is 5.89 Å². The zero-order valence-electron chi connectivity index (χ0n) is 12.7. The van der Waals surface area contributed by atoms with Crippen molar-refractivity contribution in [2.24, 2.45) is 0 Å². The third kappa shape index (κ3) is 3.04. The molecule has 0 unspecified atom stereocenters. The van der Waals surface area contributed by atoms with E-state index in [9.17, 15) is 13.2 Å². The summed E-state index contributed by atoms with van der Waals surface area (Å²) in [6.45, 7) is 4.26. The Kier molecular flexibility index (Phi) is 3.80. The van der Waals surface area contributed by atoms with Gasteiger partial charge in [0.05, 0.1) is 4.90 Å². The number of carbonyl (C=O) groups is 1. The summed E-state index contributed by atoms with van der Waals surface area (Å²) < 4.78 is 32.3. The quantitative estimate of drug-likeness (QED) is 0.869. The predicted molar refractivity (Wildman–Crippen MR) is 81.7 cm³/mol. The molecule has 0 radical (unpaired) electrons. The minimum absolute atomic E-state index is 0.00630. The highest BCUT2D eigenvalue weighted by molar-refractivity contribution is 7.92. The van der Waals surface area contributed by atoms with Crippen molar-refractivity contribution < 1.29 is 17.6 Å². The number of rotatable bonds is 4. The normalized spacial score (nSPS) is 14.5. The number of carbonyl (C=O) groups excluding carboxylic acids is 1. The van der Waals surface area contributed by atoms with Gasteiger partial charge in [-0.2, -0.15) is 0 Å². The van der Waals surface area contributed by atoms with Crippen molar-refractivity contribution in [2.75, 3.05) is 11.3 Å². The van der Waals surface area contributed by atoms with Crippen LogP contribution in [-0.4, -0.2) is 31.1 Å². The van der Waals surface area contributed by atoms with Crippen LogP contribution >= 0.6 is 0 Å². The van der Waals surface area contributed by atoms with Crippen LogP contribution in [0, 0.1) is 0 Å². The number of aromatic nitrogens is 2. The second kappa shape index (κ2) is 5.65. The second-order valence-corrected chi connectivity index (χ2v) is 7.21. The third-order valence-corrected chi connectivity index (χ3v) is 4.79. The first-order valence-electron chi connectivity index (χ1n) is 7.14. The average Bonchev–Trinajstić information content (AvgIpc) is 2.95. The molecule has 3 rings (SSSR count). The second-order valence-electron chi connectivity index (χ2n) is 5.53. The lowest BCUT2D eigenvalue weighted by Crippen LogP contribution is -2.32. The minimum atomic E-state index is -3.91. The maximum absolute atomic E-state index is 12.4. The summed E-state index contributed by atoms with van der Waals surface area (Å²) in [4.78, 5) is 11.8. The molecule has 1 aromatic carbocycles. The van der Waals surface area contributed by atoms with Gasteiger partial charge in [0.1, 0.15) is 0 Å². The van der Waals surface area contributed by atoms with E-state index in [4.69, 9.17) is 4.42 Å². The molecule has 0 saturated carbocycles. The van der Waals surface area contributed by atoms with E-state index in [1.54, 1.807) is 6.07 Å². The first-order valence-corrected chi connectivity index (χ1v) is 8.62. The number of hydrogen-bond donors (Lipinski definition) is 2. The molecule has 2 N–H and O–H groups in total. The molecule has 9 heteroatoms. The molecular weight excluding hydrogens is 320 g/mol. The van der Waals surface area contributed by atoms with Gasteiger partial charge in [0.15, 0.2) is 0 Å². The number of nitrogens with one attached hydrogen (secondary N) is 2. The number of amides is 1. The molecular formula is C14H16N4O4S. The molecule has 0 atom stereocenters. The maximum Gasteiger partial charge on any atom is 0.329 e. The molecule has 2 aromatic rings. The van der Waals surface area contributed by atoms with Crippen LogP contribution in [0.3, 0.4) is 0 Å². The van der Waals surface area contributed by atoms with Crippen LogP contribution in [-0.2, 0) is 16.4 Å². The molecule has 0 aliphatic carbocycles. The fourth-order valence-electron chi connectivity index (χ4n) is 2.24. The summed E-state index contributed by atoms with van der Waals surface area (Å²) in [5, 5.41) is 10.1. The van der Waals surface area contributed by atoms with Crippen LogP contribution < -0.4 is 10.0 Å². The van der Waals surface area contributed by atoms with Crippen molar-refractivity contribution in [2.45, 2.75) is 31.1 Å². The largest absolute Gasteiger partial charge is 0.407 e. The molecule has 0 bridgehead atoms. The Morgan fingerprint density at radius 3 is 2.78 bits per heavy atom. The lowest BCUT2D eigenvalue weighted by atomic mass is 10.0. The topological polar surface area (TPSA) is 114 Å². The maximum atomic E-state index is 12.4. The Balaban J connectivity index is 1.90. The first-order chi connectivity index (χ1) is 10.9. The molecule has 23 heavy (non-hydrogen) atoms. The van der Waals surface area contributed by atoms with Crippen molar-refractivity contribution in [1.29, 1.82) is 0 Å². The smallest absolute Gasteiger partial charge is 0.329 e. The molecule has 122 valence electrons. The van der Waals surface area contributed by atoms with E-state index in [1.165, 1.54) is 12.1 Å². The molecule has 0 saturated heterocycles. The fraction of sp³-hybridized carbons (Fsp3) is 0.357. The highest BCUT2D eigenvalue weighted by Gasteiger charge is 2.23. The van der Waals surface area contributed by atoms with Gasteiger partial charge in [0, 0.05) is 18.0 Å². The molecule has 0 spiro atoms. The Morgan fingerprint density at radius 2 is 2.09 bits per heavy atom. The van der Waals surface area contributed by atoms with E-state index >= 15 is 0 Å². The van der Waals surface area contributed by atoms with Gasteiger partial charge < -0.3 is 9.73 Å². The Morgan fingerprint density at radius 1 is 1.30 bits per heavy atom. The first kappa shape index (κ1) is 15.5.